The molecule has 1 N–H and O–H groups in total. The number of piperazine rings is 1. The van der Waals surface area contributed by atoms with Crippen LogP contribution in [0.1, 0.15) is 6.92 Å². The van der Waals surface area contributed by atoms with Crippen LogP contribution in [0.2, 0.25) is 0 Å². The molecule has 2 aromatic heterocycles. The fraction of sp³-hybridized carbons (Fsp3) is 0.500. The predicted octanol–water partition coefficient (Wildman–Crippen LogP) is 0.168. The van der Waals surface area contributed by atoms with Gasteiger partial charge in [-0.25, -0.2) is 16.1 Å². The van der Waals surface area contributed by atoms with Gasteiger partial charge in [0.25, 0.3) is 12.2 Å². The lowest BCUT2D eigenvalue weighted by atomic mass is 10.4. The van der Waals surface area contributed by atoms with Gasteiger partial charge in [0, 0.05) is 26.2 Å². The van der Waals surface area contributed by atoms with E-state index in [9.17, 15) is 9.59 Å². The van der Waals surface area contributed by atoms with E-state index in [4.69, 9.17) is 6.57 Å². The summed E-state index contributed by atoms with van der Waals surface area (Å²) in [5, 5.41) is 3.56. The van der Waals surface area contributed by atoms with Gasteiger partial charge in [-0.1, -0.05) is 17.7 Å². The van der Waals surface area contributed by atoms with E-state index in [0.717, 1.165) is 37.9 Å². The van der Waals surface area contributed by atoms with Crippen molar-refractivity contribution in [2.75, 3.05) is 43.9 Å². The lowest BCUT2D eigenvalue weighted by molar-refractivity contribution is -0.137. The molecule has 1 aliphatic heterocycles. The summed E-state index contributed by atoms with van der Waals surface area (Å²) in [6.45, 7) is 12.2. The Morgan fingerprint density at radius 2 is 2.10 bits per heavy atom. The lowest BCUT2D eigenvalue weighted by Gasteiger charge is -2.28. The number of rotatable bonds is 6. The number of thioether (sulfide) groups is 1. The number of nitrogens with one attached hydrogen (secondary N) is 1. The van der Waals surface area contributed by atoms with E-state index in [-0.39, 0.29) is 28.8 Å². The summed E-state index contributed by atoms with van der Waals surface area (Å²) in [5.41, 5.74) is 0.229. The average molecular weight is 415 g/mol. The highest BCUT2D eigenvalue weighted by Gasteiger charge is 2.24. The molecule has 0 amide bonds. The first-order valence-electron chi connectivity index (χ1n) is 8.99. The number of imidazole rings is 1. The van der Waals surface area contributed by atoms with Crippen LogP contribution in [-0.2, 0) is 22.7 Å². The quantitative estimate of drug-likeness (QED) is 0.234. The topological polar surface area (TPSA) is 98.6 Å². The van der Waals surface area contributed by atoms with Gasteiger partial charge < -0.3 is 15.0 Å². The summed E-state index contributed by atoms with van der Waals surface area (Å²) < 4.78 is 7.68. The molecule has 29 heavy (non-hydrogen) atoms. The van der Waals surface area contributed by atoms with Crippen molar-refractivity contribution in [2.45, 2.75) is 25.3 Å². The molecular formula is C18H21N7O3S. The van der Waals surface area contributed by atoms with E-state index in [1.54, 1.807) is 11.5 Å². The largest absolute Gasteiger partial charge is 0.468 e. The summed E-state index contributed by atoms with van der Waals surface area (Å²) >= 11 is 1.05. The maximum Gasteiger partial charge on any atom is 0.316 e. The number of nitrogens with zero attached hydrogens (tertiary/aromatic N) is 6. The zero-order chi connectivity index (χ0) is 20.8. The number of aromatic nitrogens is 4. The summed E-state index contributed by atoms with van der Waals surface area (Å²) in [4.78, 5) is 39.3. The Morgan fingerprint density at radius 3 is 2.76 bits per heavy atom. The molecule has 2 aromatic rings. The zero-order valence-electron chi connectivity index (χ0n) is 16.3. The normalized spacial score (nSPS) is 13.6. The van der Waals surface area contributed by atoms with Gasteiger partial charge in [-0.2, -0.15) is 4.98 Å². The molecule has 11 heteroatoms. The van der Waals surface area contributed by atoms with Crippen LogP contribution in [0.4, 0.5) is 5.95 Å². The molecule has 1 fully saturated rings. The molecule has 0 spiro atoms. The number of esters is 1. The van der Waals surface area contributed by atoms with Gasteiger partial charge in [0.05, 0.1) is 19.4 Å². The second kappa shape index (κ2) is 9.45. The first-order valence-corrected chi connectivity index (χ1v) is 9.98. The highest BCUT2D eigenvalue weighted by atomic mass is 32.2. The van der Waals surface area contributed by atoms with Gasteiger partial charge in [0.2, 0.25) is 5.95 Å². The molecule has 1 aliphatic rings. The number of carbonyl (C=O) groups excluding carboxylic acids is 1. The number of carbonyl (C=O) groups is 1. The molecule has 0 unspecified atom stereocenters. The highest BCUT2D eigenvalue weighted by Crippen LogP contribution is 2.23. The number of hydrogen-bond donors (Lipinski definition) is 1. The monoisotopic (exact) mass is 415 g/mol. The van der Waals surface area contributed by atoms with Crippen molar-refractivity contribution >= 4 is 34.8 Å². The third kappa shape index (κ3) is 4.36. The Balaban J connectivity index is 2.16. The zero-order valence-corrected chi connectivity index (χ0v) is 17.1. The number of hydrogen-bond acceptors (Lipinski definition) is 8. The molecule has 0 radical (unpaired) electrons. The number of ether oxygens (including phenoxy) is 1. The predicted molar refractivity (Wildman–Crippen MR) is 110 cm³/mol. The SMILES string of the molecule is [C-]#[N+]Cn1c(SCC(=O)OC)nc2nc(N3CCNCC3)n(CC#CC)c2c1=O. The van der Waals surface area contributed by atoms with Crippen molar-refractivity contribution in [3.8, 4) is 11.8 Å². The van der Waals surface area contributed by atoms with E-state index in [1.165, 1.54) is 11.7 Å². The molecule has 152 valence electrons. The smallest absolute Gasteiger partial charge is 0.316 e. The van der Waals surface area contributed by atoms with E-state index in [1.807, 2.05) is 0 Å². The highest BCUT2D eigenvalue weighted by molar-refractivity contribution is 7.99. The van der Waals surface area contributed by atoms with Gasteiger partial charge in [-0.05, 0) is 6.92 Å². The summed E-state index contributed by atoms with van der Waals surface area (Å²) in [6.07, 6.45) is 0. The van der Waals surface area contributed by atoms with Crippen molar-refractivity contribution in [3.63, 3.8) is 0 Å². The molecular weight excluding hydrogens is 394 g/mol. The average Bonchev–Trinajstić information content (AvgIpc) is 3.11. The van der Waals surface area contributed by atoms with Crippen LogP contribution >= 0.6 is 11.8 Å². The van der Waals surface area contributed by atoms with E-state index < -0.39 is 5.97 Å². The molecule has 0 aromatic carbocycles. The van der Waals surface area contributed by atoms with Gasteiger partial charge >= 0.3 is 5.97 Å². The van der Waals surface area contributed by atoms with Crippen molar-refractivity contribution in [1.82, 2.24) is 24.4 Å². The minimum atomic E-state index is -0.441. The van der Waals surface area contributed by atoms with Crippen LogP contribution in [-0.4, -0.2) is 64.1 Å². The molecule has 1 saturated heterocycles. The number of anilines is 1. The fourth-order valence-corrected chi connectivity index (χ4v) is 3.80. The van der Waals surface area contributed by atoms with Crippen LogP contribution in [0.25, 0.3) is 16.0 Å². The third-order valence-electron chi connectivity index (χ3n) is 4.38. The number of fused-ring (bicyclic) bond motifs is 1. The third-order valence-corrected chi connectivity index (χ3v) is 5.33. The van der Waals surface area contributed by atoms with E-state index in [0.29, 0.717) is 18.0 Å². The summed E-state index contributed by atoms with van der Waals surface area (Å²) in [6, 6.07) is 0. The second-order valence-corrected chi connectivity index (χ2v) is 7.07. The Labute approximate surface area is 172 Å². The first-order chi connectivity index (χ1) is 14.1. The second-order valence-electron chi connectivity index (χ2n) is 6.13. The Morgan fingerprint density at radius 1 is 1.34 bits per heavy atom. The Kier molecular flexibility index (Phi) is 6.75. The Bertz CT molecular complexity index is 1070. The maximum absolute atomic E-state index is 13.2. The summed E-state index contributed by atoms with van der Waals surface area (Å²) in [7, 11) is 1.29. The van der Waals surface area contributed by atoms with Crippen LogP contribution in [0, 0.1) is 18.4 Å². The molecule has 3 rings (SSSR count). The van der Waals surface area contributed by atoms with Gasteiger partial charge in [0.15, 0.2) is 16.3 Å². The first kappa shape index (κ1) is 20.7. The molecule has 0 atom stereocenters. The van der Waals surface area contributed by atoms with E-state index in [2.05, 4.69) is 41.6 Å². The minimum Gasteiger partial charge on any atom is -0.468 e. The molecule has 3 heterocycles. The van der Waals surface area contributed by atoms with Crippen LogP contribution in [0.5, 0.6) is 0 Å². The molecule has 0 bridgehead atoms. The van der Waals surface area contributed by atoms with Gasteiger partial charge in [0.1, 0.15) is 0 Å². The molecule has 0 aliphatic carbocycles. The van der Waals surface area contributed by atoms with Gasteiger partial charge in [-0.3, -0.25) is 19.0 Å². The van der Waals surface area contributed by atoms with Crippen molar-refractivity contribution in [1.29, 1.82) is 0 Å². The number of methoxy groups -OCH3 is 1. The van der Waals surface area contributed by atoms with Crippen LogP contribution in [0.3, 0.4) is 0 Å². The molecule has 10 nitrogen and oxygen atoms in total. The fourth-order valence-electron chi connectivity index (χ4n) is 2.99. The lowest BCUT2D eigenvalue weighted by Crippen LogP contribution is -2.44. The summed E-state index contributed by atoms with van der Waals surface area (Å²) in [5.74, 6) is 6.02. The van der Waals surface area contributed by atoms with Crippen molar-refractivity contribution in [3.05, 3.63) is 21.8 Å². The molecule has 0 saturated carbocycles. The Hall–Kier alpha value is -3.02. The van der Waals surface area contributed by atoms with E-state index >= 15 is 0 Å². The maximum atomic E-state index is 13.2. The standard InChI is InChI=1S/C18H21N7O3S/c1-4-5-8-24-14-15(21-17(24)23-9-6-20-7-10-23)22-18(29-11-13(26)28-3)25(12-19-2)16(14)27/h20H,6-12H2,1,3H3. The van der Waals surface area contributed by atoms with Crippen molar-refractivity contribution < 1.29 is 9.53 Å². The van der Waals surface area contributed by atoms with Crippen LogP contribution in [0.15, 0.2) is 9.95 Å². The van der Waals surface area contributed by atoms with Crippen LogP contribution < -0.4 is 15.8 Å². The van der Waals surface area contributed by atoms with Crippen molar-refractivity contribution in [2.24, 2.45) is 0 Å². The van der Waals surface area contributed by atoms with Gasteiger partial charge in [-0.15, -0.1) is 5.92 Å². The minimum absolute atomic E-state index is 0.0148.